The summed E-state index contributed by atoms with van der Waals surface area (Å²) in [6.07, 6.45) is 32.9. The van der Waals surface area contributed by atoms with E-state index >= 15 is 0 Å². The molecular weight excluding hydrogens is 1110 g/mol. The summed E-state index contributed by atoms with van der Waals surface area (Å²) >= 11 is 0. The standard InChI is InChI=1S/C67H117NO18/c1-3-5-7-9-11-13-15-17-19-21-23-25-27-29-31-33-35-37-39-41-43-45-55(73)68-50(51(72)44-42-40-38-36-34-32-30-28-26-24-22-20-18-16-14-12-10-8-6-4-2)49-81-65-61(79)58(76)63(53(47-70)83-65)86-67-62(80)59(77)64(54(48-71)84-67)85-66-60(78)57(75)56(74)52(46-69)82-66/h5,7,11,13,17,19,23,25,29,31,42,44,50-54,56-67,69-72,74-80H,3-4,6,8-10,12,14-16,18,20-22,24,26-28,30,32-41,43,45-49H2,1-2H3,(H,68,73)/b7-5-,13-11-,19-17-,25-23-,31-29-,44-42+. The number of nitrogens with one attached hydrogen (secondary N) is 1. The fourth-order valence-electron chi connectivity index (χ4n) is 10.9. The molecule has 0 bridgehead atoms. The molecule has 0 saturated carbocycles. The van der Waals surface area contributed by atoms with Gasteiger partial charge in [-0.1, -0.05) is 215 Å². The van der Waals surface area contributed by atoms with Gasteiger partial charge in [0.25, 0.3) is 0 Å². The van der Waals surface area contributed by atoms with Gasteiger partial charge in [0.1, 0.15) is 73.2 Å². The lowest BCUT2D eigenvalue weighted by Crippen LogP contribution is -2.66. The Balaban J connectivity index is 1.48. The van der Waals surface area contributed by atoms with Gasteiger partial charge in [-0.25, -0.2) is 0 Å². The van der Waals surface area contributed by atoms with Crippen molar-refractivity contribution < 1.29 is 89.4 Å². The zero-order chi connectivity index (χ0) is 62.6. The molecule has 0 radical (unpaired) electrons. The quantitative estimate of drug-likeness (QED) is 0.0204. The van der Waals surface area contributed by atoms with Crippen molar-refractivity contribution in [2.75, 3.05) is 26.4 Å². The highest BCUT2D eigenvalue weighted by atomic mass is 16.8. The zero-order valence-electron chi connectivity index (χ0n) is 52.3. The van der Waals surface area contributed by atoms with Gasteiger partial charge >= 0.3 is 0 Å². The van der Waals surface area contributed by atoms with Gasteiger partial charge in [0.15, 0.2) is 18.9 Å². The molecule has 3 aliphatic heterocycles. The number of aliphatic hydroxyl groups excluding tert-OH is 11. The number of allylic oxidation sites excluding steroid dienone is 11. The number of carbonyl (C=O) groups excluding carboxylic acids is 1. The van der Waals surface area contributed by atoms with E-state index in [0.29, 0.717) is 6.42 Å². The van der Waals surface area contributed by atoms with Gasteiger partial charge in [-0.05, 0) is 64.2 Å². The molecule has 0 aliphatic carbocycles. The molecule has 3 rings (SSSR count). The highest BCUT2D eigenvalue weighted by molar-refractivity contribution is 5.76. The summed E-state index contributed by atoms with van der Waals surface area (Å²) in [6.45, 7) is 1.60. The van der Waals surface area contributed by atoms with Gasteiger partial charge in [-0.3, -0.25) is 4.79 Å². The second-order valence-corrected chi connectivity index (χ2v) is 23.6. The third-order valence-electron chi connectivity index (χ3n) is 16.3. The van der Waals surface area contributed by atoms with Gasteiger partial charge in [0, 0.05) is 6.42 Å². The van der Waals surface area contributed by atoms with E-state index in [4.69, 9.17) is 28.4 Å². The summed E-state index contributed by atoms with van der Waals surface area (Å²) in [5.41, 5.74) is 0. The van der Waals surface area contributed by atoms with Crippen LogP contribution in [0.4, 0.5) is 0 Å². The monoisotopic (exact) mass is 1220 g/mol. The molecule has 19 nitrogen and oxygen atoms in total. The van der Waals surface area contributed by atoms with Crippen molar-refractivity contribution in [3.05, 3.63) is 72.9 Å². The van der Waals surface area contributed by atoms with Crippen molar-refractivity contribution in [1.29, 1.82) is 0 Å². The Kier molecular flexibility index (Phi) is 44.1. The molecule has 0 aromatic carbocycles. The van der Waals surface area contributed by atoms with Gasteiger partial charge in [-0.15, -0.1) is 0 Å². The average molecular weight is 1220 g/mol. The van der Waals surface area contributed by atoms with Gasteiger partial charge in [0.2, 0.25) is 5.91 Å². The van der Waals surface area contributed by atoms with Crippen LogP contribution in [0.25, 0.3) is 0 Å². The number of unbranched alkanes of at least 4 members (excludes halogenated alkanes) is 23. The molecule has 12 N–H and O–H groups in total. The first-order valence-electron chi connectivity index (χ1n) is 33.2. The average Bonchev–Trinajstić information content (AvgIpc) is 2.21. The van der Waals surface area contributed by atoms with Crippen LogP contribution in [0.2, 0.25) is 0 Å². The Bertz CT molecular complexity index is 1850. The molecule has 3 heterocycles. The van der Waals surface area contributed by atoms with Crippen LogP contribution in [-0.4, -0.2) is 193 Å². The molecule has 3 fully saturated rings. The molecule has 3 aliphatic rings. The summed E-state index contributed by atoms with van der Waals surface area (Å²) < 4.78 is 34.3. The van der Waals surface area contributed by atoms with Crippen molar-refractivity contribution >= 4 is 5.91 Å². The maximum atomic E-state index is 13.4. The fraction of sp³-hybridized carbons (Fsp3) is 0.806. The minimum atomic E-state index is -1.98. The Morgan fingerprint density at radius 3 is 1.26 bits per heavy atom. The Morgan fingerprint density at radius 1 is 0.430 bits per heavy atom. The molecule has 0 aromatic heterocycles. The first-order chi connectivity index (χ1) is 41.8. The minimum Gasteiger partial charge on any atom is -0.394 e. The van der Waals surface area contributed by atoms with E-state index in [0.717, 1.165) is 89.9 Å². The molecular formula is C67H117NO18. The summed E-state index contributed by atoms with van der Waals surface area (Å²) in [4.78, 5) is 13.4. The number of carbonyl (C=O) groups is 1. The van der Waals surface area contributed by atoms with Gasteiger partial charge in [0.05, 0.1) is 38.6 Å². The topological polar surface area (TPSA) is 307 Å². The van der Waals surface area contributed by atoms with Crippen LogP contribution in [0.15, 0.2) is 72.9 Å². The lowest BCUT2D eigenvalue weighted by atomic mass is 9.96. The van der Waals surface area contributed by atoms with E-state index in [1.807, 2.05) is 6.08 Å². The molecule has 86 heavy (non-hydrogen) atoms. The minimum absolute atomic E-state index is 0.218. The first-order valence-corrected chi connectivity index (χ1v) is 33.2. The van der Waals surface area contributed by atoms with E-state index in [9.17, 15) is 61.0 Å². The predicted octanol–water partition coefficient (Wildman–Crippen LogP) is 7.77. The number of rotatable bonds is 49. The molecule has 0 spiro atoms. The summed E-state index contributed by atoms with van der Waals surface area (Å²) in [5.74, 6) is -0.296. The second kappa shape index (κ2) is 49.0. The van der Waals surface area contributed by atoms with E-state index in [-0.39, 0.29) is 18.9 Å². The highest BCUT2D eigenvalue weighted by Gasteiger charge is 2.53. The maximum Gasteiger partial charge on any atom is 0.220 e. The van der Waals surface area contributed by atoms with Crippen LogP contribution in [0, 0.1) is 0 Å². The summed E-state index contributed by atoms with van der Waals surface area (Å²) in [5, 5.41) is 120. The van der Waals surface area contributed by atoms with Crippen LogP contribution < -0.4 is 5.32 Å². The molecule has 498 valence electrons. The Labute approximate surface area is 515 Å². The molecule has 17 unspecified atom stereocenters. The second-order valence-electron chi connectivity index (χ2n) is 23.6. The number of hydrogen-bond donors (Lipinski definition) is 12. The largest absolute Gasteiger partial charge is 0.394 e. The van der Waals surface area contributed by atoms with Crippen LogP contribution in [0.3, 0.4) is 0 Å². The van der Waals surface area contributed by atoms with Crippen molar-refractivity contribution in [3.63, 3.8) is 0 Å². The third-order valence-corrected chi connectivity index (χ3v) is 16.3. The van der Waals surface area contributed by atoms with Crippen molar-refractivity contribution in [2.45, 2.75) is 317 Å². The lowest BCUT2D eigenvalue weighted by Gasteiger charge is -2.48. The molecule has 17 atom stereocenters. The predicted molar refractivity (Wildman–Crippen MR) is 332 cm³/mol. The lowest BCUT2D eigenvalue weighted by molar-refractivity contribution is -0.379. The normalized spacial score (nSPS) is 29.2. The fourth-order valence-corrected chi connectivity index (χ4v) is 10.9. The van der Waals surface area contributed by atoms with Crippen molar-refractivity contribution in [3.8, 4) is 0 Å². The number of hydrogen-bond acceptors (Lipinski definition) is 18. The van der Waals surface area contributed by atoms with Crippen molar-refractivity contribution in [2.24, 2.45) is 0 Å². The van der Waals surface area contributed by atoms with Crippen LogP contribution >= 0.6 is 0 Å². The van der Waals surface area contributed by atoms with E-state index in [1.54, 1.807) is 6.08 Å². The molecule has 3 saturated heterocycles. The Hall–Kier alpha value is -2.77. The summed E-state index contributed by atoms with van der Waals surface area (Å²) in [7, 11) is 0. The van der Waals surface area contributed by atoms with E-state index < -0.39 is 124 Å². The van der Waals surface area contributed by atoms with Crippen LogP contribution in [-0.2, 0) is 33.2 Å². The van der Waals surface area contributed by atoms with Crippen LogP contribution in [0.5, 0.6) is 0 Å². The third kappa shape index (κ3) is 31.3. The number of amides is 1. The van der Waals surface area contributed by atoms with E-state index in [2.05, 4.69) is 79.9 Å². The SMILES string of the molecule is CC/C=C\C/C=C\C/C=C\C/C=C\C/C=C\CCCCCCCC(=O)NC(COC1OC(CO)C(OC2OC(CO)C(OC3OC(CO)C(O)C(O)C3O)C(O)C2O)C(O)C1O)C(O)/C=C/CCCCCCCCCCCCCCCCCCCC. The van der Waals surface area contributed by atoms with Crippen molar-refractivity contribution in [1.82, 2.24) is 5.32 Å². The first kappa shape index (κ1) is 77.5. The van der Waals surface area contributed by atoms with Gasteiger partial charge in [-0.2, -0.15) is 0 Å². The van der Waals surface area contributed by atoms with Crippen LogP contribution in [0.1, 0.15) is 213 Å². The maximum absolute atomic E-state index is 13.4. The summed E-state index contributed by atoms with van der Waals surface area (Å²) in [6, 6.07) is -0.988. The zero-order valence-corrected chi connectivity index (χ0v) is 52.3. The number of aliphatic hydroxyl groups is 11. The number of ether oxygens (including phenoxy) is 6. The smallest absolute Gasteiger partial charge is 0.220 e. The molecule has 1 amide bonds. The molecule has 0 aromatic rings. The highest BCUT2D eigenvalue weighted by Crippen LogP contribution is 2.33. The molecule has 19 heteroatoms. The van der Waals surface area contributed by atoms with E-state index in [1.165, 1.54) is 96.3 Å². The van der Waals surface area contributed by atoms with Gasteiger partial charge < -0.3 is 89.9 Å². The Morgan fingerprint density at radius 2 is 0.802 bits per heavy atom.